The number of primary amides is 1. The molecule has 5 nitrogen and oxygen atoms in total. The van der Waals surface area contributed by atoms with E-state index in [1.54, 1.807) is 6.07 Å². The normalized spacial score (nSPS) is 12.3. The molecule has 3 aromatic rings. The number of carbonyl (C=O) groups is 2. The summed E-state index contributed by atoms with van der Waals surface area (Å²) in [6, 6.07) is 18.0. The summed E-state index contributed by atoms with van der Waals surface area (Å²) in [6.07, 6.45) is 0.172. The summed E-state index contributed by atoms with van der Waals surface area (Å²) in [5, 5.41) is 3.11. The fourth-order valence-corrected chi connectivity index (χ4v) is 4.61. The lowest BCUT2D eigenvalue weighted by molar-refractivity contribution is 0.100. The number of nitrogens with one attached hydrogen (secondary N) is 1. The van der Waals surface area contributed by atoms with Gasteiger partial charge in [-0.2, -0.15) is 0 Å². The van der Waals surface area contributed by atoms with Crippen LogP contribution in [0.15, 0.2) is 54.6 Å². The molecule has 6 heteroatoms. The minimum atomic E-state index is -0.589. The molecule has 0 unspecified atom stereocenters. The molecule has 1 aromatic heterocycles. The summed E-state index contributed by atoms with van der Waals surface area (Å²) >= 11 is 1.34. The number of carbonyl (C=O) groups excluding carboxylic acids is 2. The van der Waals surface area contributed by atoms with Crippen LogP contribution in [0.3, 0.4) is 0 Å². The van der Waals surface area contributed by atoms with Crippen LogP contribution in [-0.4, -0.2) is 18.6 Å². The molecule has 0 atom stereocenters. The standard InChI is InChI=1S/C22H20N2O3S/c1-2-13-11-18(20(23)25)21(28-13)24-22(26)27-12-19-16-9-5-3-7-14(16)15-8-4-6-10-17(15)19/h3-11,19H,2,12H2,1H3,(H2,23,25)(H,24,26). The van der Waals surface area contributed by atoms with Gasteiger partial charge < -0.3 is 10.5 Å². The molecule has 3 N–H and O–H groups in total. The van der Waals surface area contributed by atoms with Gasteiger partial charge in [0.1, 0.15) is 11.6 Å². The molecule has 0 aliphatic heterocycles. The number of benzene rings is 2. The second-order valence-electron chi connectivity index (χ2n) is 6.62. The van der Waals surface area contributed by atoms with E-state index in [1.165, 1.54) is 22.5 Å². The SMILES string of the molecule is CCc1cc(C(N)=O)c(NC(=O)OCC2c3ccccc3-c3ccccc32)s1. The minimum Gasteiger partial charge on any atom is -0.448 e. The van der Waals surface area contributed by atoms with E-state index < -0.39 is 12.0 Å². The predicted octanol–water partition coefficient (Wildman–Crippen LogP) is 4.77. The van der Waals surface area contributed by atoms with Crippen LogP contribution < -0.4 is 11.1 Å². The molecule has 28 heavy (non-hydrogen) atoms. The van der Waals surface area contributed by atoms with Gasteiger partial charge in [-0.1, -0.05) is 55.5 Å². The van der Waals surface area contributed by atoms with Crippen LogP contribution in [0, 0.1) is 0 Å². The Balaban J connectivity index is 1.50. The topological polar surface area (TPSA) is 81.4 Å². The number of rotatable bonds is 5. The molecule has 0 saturated heterocycles. The highest BCUT2D eigenvalue weighted by molar-refractivity contribution is 7.16. The van der Waals surface area contributed by atoms with E-state index in [0.717, 1.165) is 22.4 Å². The number of aryl methyl sites for hydroxylation is 1. The molecule has 0 spiro atoms. The Morgan fingerprint density at radius 2 is 1.68 bits per heavy atom. The van der Waals surface area contributed by atoms with Crippen molar-refractivity contribution in [2.24, 2.45) is 5.73 Å². The van der Waals surface area contributed by atoms with Crippen molar-refractivity contribution in [2.75, 3.05) is 11.9 Å². The smallest absolute Gasteiger partial charge is 0.412 e. The van der Waals surface area contributed by atoms with Crippen LogP contribution >= 0.6 is 11.3 Å². The van der Waals surface area contributed by atoms with Gasteiger partial charge in [0.25, 0.3) is 5.91 Å². The maximum atomic E-state index is 12.4. The summed E-state index contributed by atoms with van der Waals surface area (Å²) < 4.78 is 5.53. The zero-order valence-corrected chi connectivity index (χ0v) is 16.2. The minimum absolute atomic E-state index is 0.0108. The highest BCUT2D eigenvalue weighted by atomic mass is 32.1. The van der Waals surface area contributed by atoms with Gasteiger partial charge in [-0.25, -0.2) is 4.79 Å². The van der Waals surface area contributed by atoms with E-state index in [9.17, 15) is 9.59 Å². The lowest BCUT2D eigenvalue weighted by atomic mass is 9.98. The number of anilines is 1. The van der Waals surface area contributed by atoms with Crippen LogP contribution in [0.5, 0.6) is 0 Å². The number of hydrogen-bond donors (Lipinski definition) is 2. The molecule has 1 aliphatic carbocycles. The van der Waals surface area contributed by atoms with Crippen LogP contribution in [-0.2, 0) is 11.2 Å². The van der Waals surface area contributed by atoms with E-state index in [1.807, 2.05) is 31.2 Å². The number of nitrogens with two attached hydrogens (primary N) is 1. The van der Waals surface area contributed by atoms with E-state index in [4.69, 9.17) is 10.5 Å². The van der Waals surface area contributed by atoms with Gasteiger partial charge in [-0.3, -0.25) is 10.1 Å². The van der Waals surface area contributed by atoms with E-state index in [0.29, 0.717) is 10.6 Å². The number of ether oxygens (including phenoxy) is 1. The molecule has 2 amide bonds. The zero-order valence-electron chi connectivity index (χ0n) is 15.4. The fourth-order valence-electron chi connectivity index (χ4n) is 3.62. The number of fused-ring (bicyclic) bond motifs is 3. The Labute approximate surface area is 167 Å². The molecule has 1 heterocycles. The Morgan fingerprint density at radius 3 is 2.25 bits per heavy atom. The third-order valence-electron chi connectivity index (χ3n) is 4.96. The summed E-state index contributed by atoms with van der Waals surface area (Å²) in [7, 11) is 0. The molecule has 4 rings (SSSR count). The maximum absolute atomic E-state index is 12.4. The second kappa shape index (κ2) is 7.48. The van der Waals surface area contributed by atoms with Gasteiger partial charge in [-0.15, -0.1) is 11.3 Å². The quantitative estimate of drug-likeness (QED) is 0.656. The summed E-state index contributed by atoms with van der Waals surface area (Å²) in [5.41, 5.74) is 10.4. The first-order valence-electron chi connectivity index (χ1n) is 9.13. The molecule has 0 bridgehead atoms. The average Bonchev–Trinajstić information content (AvgIpc) is 3.25. The number of thiophene rings is 1. The van der Waals surface area contributed by atoms with Gasteiger partial charge in [0.15, 0.2) is 0 Å². The van der Waals surface area contributed by atoms with Crippen molar-refractivity contribution in [2.45, 2.75) is 19.3 Å². The van der Waals surface area contributed by atoms with Crippen LogP contribution in [0.4, 0.5) is 9.80 Å². The van der Waals surface area contributed by atoms with Crippen molar-refractivity contribution in [1.29, 1.82) is 0 Å². The van der Waals surface area contributed by atoms with Gasteiger partial charge in [0.2, 0.25) is 0 Å². The van der Waals surface area contributed by atoms with Gasteiger partial charge in [0, 0.05) is 10.8 Å². The Bertz CT molecular complexity index is 1010. The molecule has 1 aliphatic rings. The highest BCUT2D eigenvalue weighted by Gasteiger charge is 2.29. The number of hydrogen-bond acceptors (Lipinski definition) is 4. The first-order valence-corrected chi connectivity index (χ1v) is 9.94. The zero-order chi connectivity index (χ0) is 19.7. The van der Waals surface area contributed by atoms with Gasteiger partial charge in [0.05, 0.1) is 5.56 Å². The van der Waals surface area contributed by atoms with E-state index in [2.05, 4.69) is 29.6 Å². The first kappa shape index (κ1) is 18.3. The lowest BCUT2D eigenvalue weighted by Crippen LogP contribution is -2.19. The molecule has 0 saturated carbocycles. The molecule has 142 valence electrons. The fraction of sp³-hybridized carbons (Fsp3) is 0.182. The van der Waals surface area contributed by atoms with Crippen molar-refractivity contribution in [3.8, 4) is 11.1 Å². The van der Waals surface area contributed by atoms with Crippen LogP contribution in [0.25, 0.3) is 11.1 Å². The molecule has 2 aromatic carbocycles. The van der Waals surface area contributed by atoms with Gasteiger partial charge in [-0.05, 0) is 34.7 Å². The molecular weight excluding hydrogens is 372 g/mol. The van der Waals surface area contributed by atoms with Crippen molar-refractivity contribution in [3.63, 3.8) is 0 Å². The molecule has 0 radical (unpaired) electrons. The summed E-state index contributed by atoms with van der Waals surface area (Å²) in [5.74, 6) is -0.576. The maximum Gasteiger partial charge on any atom is 0.412 e. The third-order valence-corrected chi connectivity index (χ3v) is 6.15. The lowest BCUT2D eigenvalue weighted by Gasteiger charge is -2.14. The monoisotopic (exact) mass is 392 g/mol. The average molecular weight is 392 g/mol. The van der Waals surface area contributed by atoms with Crippen LogP contribution in [0.2, 0.25) is 0 Å². The van der Waals surface area contributed by atoms with Crippen LogP contribution in [0.1, 0.15) is 39.2 Å². The Morgan fingerprint density at radius 1 is 1.07 bits per heavy atom. The van der Waals surface area contributed by atoms with E-state index in [-0.39, 0.29) is 12.5 Å². The van der Waals surface area contributed by atoms with Crippen molar-refractivity contribution in [1.82, 2.24) is 0 Å². The summed E-state index contributed by atoms with van der Waals surface area (Å²) in [6.45, 7) is 2.20. The first-order chi connectivity index (χ1) is 13.6. The highest BCUT2D eigenvalue weighted by Crippen LogP contribution is 2.44. The van der Waals surface area contributed by atoms with Crippen molar-refractivity contribution in [3.05, 3.63) is 76.2 Å². The summed E-state index contributed by atoms with van der Waals surface area (Å²) in [4.78, 5) is 25.0. The molecular formula is C22H20N2O3S. The predicted molar refractivity (Wildman–Crippen MR) is 111 cm³/mol. The van der Waals surface area contributed by atoms with E-state index >= 15 is 0 Å². The van der Waals surface area contributed by atoms with Crippen molar-refractivity contribution < 1.29 is 14.3 Å². The van der Waals surface area contributed by atoms with Gasteiger partial charge >= 0.3 is 6.09 Å². The molecule has 0 fully saturated rings. The Kier molecular flexibility index (Phi) is 4.88. The largest absolute Gasteiger partial charge is 0.448 e. The third kappa shape index (κ3) is 3.27. The second-order valence-corrected chi connectivity index (χ2v) is 7.76. The Hall–Kier alpha value is -3.12. The van der Waals surface area contributed by atoms with Crippen molar-refractivity contribution >= 4 is 28.3 Å². The number of amides is 2.